The van der Waals surface area contributed by atoms with Crippen molar-refractivity contribution in [1.82, 2.24) is 15.0 Å². The largest absolute Gasteiger partial charge is 0.508 e. The van der Waals surface area contributed by atoms with E-state index in [2.05, 4.69) is 20.3 Å². The number of aromatic hydroxyl groups is 1. The SMILES string of the molecule is Cc1cc(O)ccc1-c1cc(Nc2ccc(Oc3ccnc(C(F)(F)F)c3)cc2)nc(N)n1. The smallest absolute Gasteiger partial charge is 0.433 e. The van der Waals surface area contributed by atoms with Crippen LogP contribution in [-0.2, 0) is 6.18 Å². The Hall–Kier alpha value is -4.34. The summed E-state index contributed by atoms with van der Waals surface area (Å²) in [6.07, 6.45) is -3.51. The van der Waals surface area contributed by atoms with Gasteiger partial charge < -0.3 is 20.9 Å². The summed E-state index contributed by atoms with van der Waals surface area (Å²) < 4.78 is 43.9. The number of halogens is 3. The molecule has 0 atom stereocenters. The van der Waals surface area contributed by atoms with Crippen LogP contribution in [0.2, 0.25) is 0 Å². The third kappa shape index (κ3) is 5.29. The van der Waals surface area contributed by atoms with Crippen LogP contribution in [0.1, 0.15) is 11.3 Å². The quantitative estimate of drug-likeness (QED) is 0.356. The summed E-state index contributed by atoms with van der Waals surface area (Å²) in [5.41, 5.74) is 7.69. The lowest BCUT2D eigenvalue weighted by Gasteiger charge is -2.12. The van der Waals surface area contributed by atoms with E-state index in [4.69, 9.17) is 10.5 Å². The second-order valence-corrected chi connectivity index (χ2v) is 7.12. The van der Waals surface area contributed by atoms with Gasteiger partial charge in [0.25, 0.3) is 0 Å². The number of hydrogen-bond acceptors (Lipinski definition) is 7. The molecule has 2 heterocycles. The zero-order valence-corrected chi connectivity index (χ0v) is 17.3. The Balaban J connectivity index is 1.51. The Bertz CT molecular complexity index is 1290. The highest BCUT2D eigenvalue weighted by molar-refractivity contribution is 5.70. The molecule has 33 heavy (non-hydrogen) atoms. The van der Waals surface area contributed by atoms with Crippen LogP contribution in [0.25, 0.3) is 11.3 Å². The van der Waals surface area contributed by atoms with Crippen LogP contribution in [0.5, 0.6) is 17.2 Å². The van der Waals surface area contributed by atoms with Crippen molar-refractivity contribution in [3.05, 3.63) is 78.1 Å². The highest BCUT2D eigenvalue weighted by atomic mass is 19.4. The van der Waals surface area contributed by atoms with Crippen molar-refractivity contribution in [3.8, 4) is 28.5 Å². The van der Waals surface area contributed by atoms with E-state index >= 15 is 0 Å². The Kier molecular flexibility index (Phi) is 5.74. The number of aryl methyl sites for hydroxylation is 1. The highest BCUT2D eigenvalue weighted by Gasteiger charge is 2.32. The molecule has 0 bridgehead atoms. The first kappa shape index (κ1) is 21.9. The number of nitrogens with zero attached hydrogens (tertiary/aromatic N) is 3. The minimum Gasteiger partial charge on any atom is -0.508 e. The predicted octanol–water partition coefficient (Wildman–Crippen LogP) is 5.69. The number of hydrogen-bond donors (Lipinski definition) is 3. The van der Waals surface area contributed by atoms with Crippen LogP contribution in [0.4, 0.5) is 30.6 Å². The van der Waals surface area contributed by atoms with Crippen LogP contribution < -0.4 is 15.8 Å². The lowest BCUT2D eigenvalue weighted by Crippen LogP contribution is -2.07. The van der Waals surface area contributed by atoms with Crippen molar-refractivity contribution in [2.24, 2.45) is 0 Å². The average molecular weight is 453 g/mol. The number of nitrogens with one attached hydrogen (secondary N) is 1. The minimum absolute atomic E-state index is 0.0236. The van der Waals surface area contributed by atoms with Crippen molar-refractivity contribution < 1.29 is 23.0 Å². The van der Waals surface area contributed by atoms with Crippen molar-refractivity contribution in [2.75, 3.05) is 11.1 Å². The first-order valence-electron chi connectivity index (χ1n) is 9.70. The Morgan fingerprint density at radius 2 is 1.70 bits per heavy atom. The van der Waals surface area contributed by atoms with Gasteiger partial charge in [-0.05, 0) is 61.0 Å². The monoisotopic (exact) mass is 453 g/mol. The molecule has 0 spiro atoms. The fraction of sp³-hybridized carbons (Fsp3) is 0.0870. The van der Waals surface area contributed by atoms with Crippen molar-refractivity contribution in [2.45, 2.75) is 13.1 Å². The third-order valence-corrected chi connectivity index (χ3v) is 4.61. The number of phenols is 1. The summed E-state index contributed by atoms with van der Waals surface area (Å²) >= 11 is 0. The number of phenolic OH excluding ortho intramolecular Hbond substituents is 1. The number of rotatable bonds is 5. The van der Waals surface area contributed by atoms with Crippen molar-refractivity contribution >= 4 is 17.5 Å². The fourth-order valence-electron chi connectivity index (χ4n) is 3.12. The van der Waals surface area contributed by atoms with Gasteiger partial charge in [0.1, 0.15) is 28.8 Å². The van der Waals surface area contributed by atoms with Crippen LogP contribution in [0.15, 0.2) is 66.9 Å². The Morgan fingerprint density at radius 3 is 2.39 bits per heavy atom. The van der Waals surface area contributed by atoms with Gasteiger partial charge >= 0.3 is 6.18 Å². The van der Waals surface area contributed by atoms with Gasteiger partial charge in [0.15, 0.2) is 0 Å². The number of nitrogens with two attached hydrogens (primary N) is 1. The van der Waals surface area contributed by atoms with Crippen molar-refractivity contribution in [3.63, 3.8) is 0 Å². The van der Waals surface area contributed by atoms with Gasteiger partial charge in [-0.1, -0.05) is 0 Å². The van der Waals surface area contributed by atoms with Crippen LogP contribution in [0, 0.1) is 6.92 Å². The maximum atomic E-state index is 12.8. The van der Waals surface area contributed by atoms with Crippen molar-refractivity contribution in [1.29, 1.82) is 0 Å². The van der Waals surface area contributed by atoms with E-state index in [1.807, 2.05) is 6.92 Å². The molecule has 0 saturated carbocycles. The Labute approximate surface area is 186 Å². The summed E-state index contributed by atoms with van der Waals surface area (Å²) in [6.45, 7) is 1.85. The van der Waals surface area contributed by atoms with Gasteiger partial charge in [-0.2, -0.15) is 18.2 Å². The van der Waals surface area contributed by atoms with Gasteiger partial charge in [0.05, 0.1) is 5.69 Å². The molecule has 0 unspecified atom stereocenters. The molecule has 4 aromatic rings. The van der Waals surface area contributed by atoms with Crippen LogP contribution in [-0.4, -0.2) is 20.1 Å². The molecule has 0 aliphatic heterocycles. The summed E-state index contributed by atoms with van der Waals surface area (Å²) in [6, 6.07) is 15.4. The molecule has 0 saturated heterocycles. The number of nitrogen functional groups attached to an aromatic ring is 1. The van der Waals surface area contributed by atoms with Crippen LogP contribution in [0.3, 0.4) is 0 Å². The van der Waals surface area contributed by atoms with Crippen LogP contribution >= 0.6 is 0 Å². The first-order chi connectivity index (χ1) is 15.7. The number of anilines is 3. The second-order valence-electron chi connectivity index (χ2n) is 7.12. The summed E-state index contributed by atoms with van der Waals surface area (Å²) in [5, 5.41) is 12.7. The topological polar surface area (TPSA) is 106 Å². The molecular formula is C23H18F3N5O2. The van der Waals surface area contributed by atoms with E-state index in [0.717, 1.165) is 23.4 Å². The minimum atomic E-state index is -4.55. The molecule has 2 aromatic heterocycles. The summed E-state index contributed by atoms with van der Waals surface area (Å²) in [7, 11) is 0. The molecule has 2 aromatic carbocycles. The molecule has 168 valence electrons. The summed E-state index contributed by atoms with van der Waals surface area (Å²) in [4.78, 5) is 11.8. The average Bonchev–Trinajstić information content (AvgIpc) is 2.74. The number of aromatic nitrogens is 3. The van der Waals surface area contributed by atoms with Gasteiger partial charge in [0.2, 0.25) is 5.95 Å². The highest BCUT2D eigenvalue weighted by Crippen LogP contribution is 2.32. The number of ether oxygens (including phenoxy) is 1. The predicted molar refractivity (Wildman–Crippen MR) is 117 cm³/mol. The van der Waals surface area contributed by atoms with Gasteiger partial charge in [0, 0.05) is 29.6 Å². The first-order valence-corrected chi connectivity index (χ1v) is 9.70. The molecule has 7 nitrogen and oxygen atoms in total. The zero-order valence-electron chi connectivity index (χ0n) is 17.3. The van der Waals surface area contributed by atoms with E-state index < -0.39 is 11.9 Å². The van der Waals surface area contributed by atoms with E-state index in [0.29, 0.717) is 22.9 Å². The van der Waals surface area contributed by atoms with E-state index in [-0.39, 0.29) is 17.4 Å². The standard InChI is InChI=1S/C23H18F3N5O2/c1-13-10-15(32)4-7-18(13)19-12-21(31-22(27)30-19)29-14-2-5-16(6-3-14)33-17-8-9-28-20(11-17)23(24,25)26/h2-12,32H,1H3,(H3,27,29,30,31). The number of pyridine rings is 1. The Morgan fingerprint density at radius 1 is 0.939 bits per heavy atom. The number of alkyl halides is 3. The lowest BCUT2D eigenvalue weighted by molar-refractivity contribution is -0.141. The molecule has 10 heteroatoms. The maximum absolute atomic E-state index is 12.8. The van der Waals surface area contributed by atoms with E-state index in [1.54, 1.807) is 48.5 Å². The molecule has 0 fully saturated rings. The molecule has 0 radical (unpaired) electrons. The molecule has 0 amide bonds. The summed E-state index contributed by atoms with van der Waals surface area (Å²) in [5.74, 6) is 1.04. The lowest BCUT2D eigenvalue weighted by atomic mass is 10.1. The van der Waals surface area contributed by atoms with Gasteiger partial charge in [-0.25, -0.2) is 4.98 Å². The number of benzene rings is 2. The molecule has 4 rings (SSSR count). The zero-order chi connectivity index (χ0) is 23.6. The fourth-order valence-corrected chi connectivity index (χ4v) is 3.12. The van der Waals surface area contributed by atoms with Gasteiger partial charge in [-0.3, -0.25) is 4.98 Å². The normalized spacial score (nSPS) is 11.3. The maximum Gasteiger partial charge on any atom is 0.433 e. The third-order valence-electron chi connectivity index (χ3n) is 4.61. The molecule has 0 aliphatic carbocycles. The second kappa shape index (κ2) is 8.65. The molecule has 4 N–H and O–H groups in total. The molecular weight excluding hydrogens is 435 g/mol. The van der Waals surface area contributed by atoms with Gasteiger partial charge in [-0.15, -0.1) is 0 Å². The van der Waals surface area contributed by atoms with E-state index in [9.17, 15) is 18.3 Å². The van der Waals surface area contributed by atoms with E-state index in [1.165, 1.54) is 6.07 Å². The molecule has 0 aliphatic rings.